The Hall–Kier alpha value is -2.64. The Morgan fingerprint density at radius 2 is 2.24 bits per heavy atom. The number of hydrogen-bond acceptors (Lipinski definition) is 5. The predicted molar refractivity (Wildman–Crippen MR) is 69.6 cm³/mol. The Balaban J connectivity index is 1.48. The quantitative estimate of drug-likeness (QED) is 0.864. The highest BCUT2D eigenvalue weighted by atomic mass is 16.4. The highest BCUT2D eigenvalue weighted by molar-refractivity contribution is 5.84. The largest absolute Gasteiger partial charge is 0.476 e. The van der Waals surface area contributed by atoms with Gasteiger partial charge in [0.25, 0.3) is 0 Å². The third-order valence-corrected chi connectivity index (χ3v) is 3.48. The molecular weight excluding hydrogens is 276 g/mol. The van der Waals surface area contributed by atoms with Gasteiger partial charge in [-0.2, -0.15) is 0 Å². The van der Waals surface area contributed by atoms with Crippen molar-refractivity contribution in [1.82, 2.24) is 19.9 Å². The van der Waals surface area contributed by atoms with E-state index in [0.29, 0.717) is 25.9 Å². The van der Waals surface area contributed by atoms with E-state index in [0.717, 1.165) is 5.76 Å². The molecule has 0 aromatic carbocycles. The maximum atomic E-state index is 12.0. The molecule has 2 aromatic heterocycles. The molecule has 2 aromatic rings. The normalized spacial score (nSPS) is 15.0. The van der Waals surface area contributed by atoms with Crippen molar-refractivity contribution in [3.8, 4) is 0 Å². The third kappa shape index (κ3) is 2.78. The van der Waals surface area contributed by atoms with Crippen LogP contribution in [0.1, 0.15) is 28.7 Å². The van der Waals surface area contributed by atoms with Crippen molar-refractivity contribution in [1.29, 1.82) is 0 Å². The third-order valence-electron chi connectivity index (χ3n) is 3.48. The van der Waals surface area contributed by atoms with Gasteiger partial charge >= 0.3 is 5.97 Å². The number of nitrogens with zero attached hydrogens (tertiary/aromatic N) is 4. The topological polar surface area (TPSA) is 101 Å². The van der Waals surface area contributed by atoms with E-state index in [9.17, 15) is 9.59 Å². The summed E-state index contributed by atoms with van der Waals surface area (Å²) in [5, 5.41) is 16.1. The summed E-state index contributed by atoms with van der Waals surface area (Å²) in [5.74, 6) is -0.254. The number of carbonyl (C=O) groups excluding carboxylic acids is 1. The lowest BCUT2D eigenvalue weighted by molar-refractivity contribution is -0.137. The molecule has 1 aliphatic rings. The number of aromatic carboxylic acids is 1. The number of rotatable bonds is 5. The SMILES string of the molecule is O=C(O)c1cn(C2CN(C(=O)CCc3ccco3)C2)nn1. The number of carboxylic acids is 1. The number of carbonyl (C=O) groups is 2. The molecule has 8 heteroatoms. The van der Waals surface area contributed by atoms with Crippen molar-refractivity contribution in [3.05, 3.63) is 36.0 Å². The van der Waals surface area contributed by atoms with Gasteiger partial charge in [0.05, 0.1) is 18.5 Å². The average Bonchev–Trinajstić information content (AvgIpc) is 3.06. The minimum Gasteiger partial charge on any atom is -0.476 e. The number of hydrogen-bond donors (Lipinski definition) is 1. The van der Waals surface area contributed by atoms with E-state index < -0.39 is 5.97 Å². The molecule has 1 aliphatic heterocycles. The summed E-state index contributed by atoms with van der Waals surface area (Å²) in [6, 6.07) is 3.64. The zero-order chi connectivity index (χ0) is 14.8. The zero-order valence-corrected chi connectivity index (χ0v) is 11.2. The van der Waals surface area contributed by atoms with Gasteiger partial charge in [-0.3, -0.25) is 4.79 Å². The van der Waals surface area contributed by atoms with Gasteiger partial charge in [0.2, 0.25) is 5.91 Å². The van der Waals surface area contributed by atoms with Crippen molar-refractivity contribution in [3.63, 3.8) is 0 Å². The molecule has 1 fully saturated rings. The van der Waals surface area contributed by atoms with Crippen LogP contribution in [0.5, 0.6) is 0 Å². The fourth-order valence-electron chi connectivity index (χ4n) is 2.22. The number of amides is 1. The molecule has 0 bridgehead atoms. The van der Waals surface area contributed by atoms with Crippen LogP contribution in [0.15, 0.2) is 29.0 Å². The Morgan fingerprint density at radius 3 is 2.86 bits per heavy atom. The van der Waals surface area contributed by atoms with Crippen LogP contribution in [-0.4, -0.2) is 50.0 Å². The van der Waals surface area contributed by atoms with Crippen LogP contribution < -0.4 is 0 Å². The summed E-state index contributed by atoms with van der Waals surface area (Å²) in [5.41, 5.74) is -0.0856. The van der Waals surface area contributed by atoms with E-state index in [1.54, 1.807) is 17.2 Å². The van der Waals surface area contributed by atoms with Crippen LogP contribution in [0.3, 0.4) is 0 Å². The standard InChI is InChI=1S/C13H14N4O4/c18-12(4-3-10-2-1-5-21-10)16-6-9(7-16)17-8-11(13(19)20)14-15-17/h1-2,5,8-9H,3-4,6-7H2,(H,19,20). The molecule has 0 aliphatic carbocycles. The first-order valence-corrected chi connectivity index (χ1v) is 6.59. The molecule has 8 nitrogen and oxygen atoms in total. The molecule has 0 atom stereocenters. The van der Waals surface area contributed by atoms with Crippen LogP contribution in [0, 0.1) is 0 Å². The van der Waals surface area contributed by atoms with Gasteiger partial charge in [0.1, 0.15) is 5.76 Å². The molecule has 1 amide bonds. The van der Waals surface area contributed by atoms with Crippen molar-refractivity contribution in [2.45, 2.75) is 18.9 Å². The van der Waals surface area contributed by atoms with Gasteiger partial charge in [-0.1, -0.05) is 5.21 Å². The van der Waals surface area contributed by atoms with Crippen LogP contribution in [0.4, 0.5) is 0 Å². The molecule has 0 saturated carbocycles. The summed E-state index contributed by atoms with van der Waals surface area (Å²) in [4.78, 5) is 24.4. The molecular formula is C13H14N4O4. The summed E-state index contributed by atoms with van der Waals surface area (Å²) in [7, 11) is 0. The van der Waals surface area contributed by atoms with E-state index in [1.807, 2.05) is 6.07 Å². The summed E-state index contributed by atoms with van der Waals surface area (Å²) >= 11 is 0. The number of likely N-dealkylation sites (tertiary alicyclic amines) is 1. The number of furan rings is 1. The van der Waals surface area contributed by atoms with E-state index >= 15 is 0 Å². The van der Waals surface area contributed by atoms with E-state index in [1.165, 1.54) is 10.9 Å². The lowest BCUT2D eigenvalue weighted by Gasteiger charge is -2.38. The molecule has 3 rings (SSSR count). The lowest BCUT2D eigenvalue weighted by atomic mass is 10.1. The summed E-state index contributed by atoms with van der Waals surface area (Å²) in [6.45, 7) is 1.05. The summed E-state index contributed by atoms with van der Waals surface area (Å²) in [6.07, 6.45) is 3.96. The monoisotopic (exact) mass is 290 g/mol. The molecule has 1 N–H and O–H groups in total. The minimum absolute atomic E-state index is 0.00170. The maximum Gasteiger partial charge on any atom is 0.358 e. The lowest BCUT2D eigenvalue weighted by Crippen LogP contribution is -2.51. The first-order valence-electron chi connectivity index (χ1n) is 6.59. The number of carboxylic acid groups (broad SMARTS) is 1. The van der Waals surface area contributed by atoms with Crippen LogP contribution >= 0.6 is 0 Å². The Labute approximate surface area is 120 Å². The molecule has 3 heterocycles. The highest BCUT2D eigenvalue weighted by Gasteiger charge is 2.32. The second-order valence-corrected chi connectivity index (χ2v) is 4.92. The zero-order valence-electron chi connectivity index (χ0n) is 11.2. The van der Waals surface area contributed by atoms with Crippen LogP contribution in [0.2, 0.25) is 0 Å². The second kappa shape index (κ2) is 5.39. The average molecular weight is 290 g/mol. The maximum absolute atomic E-state index is 12.0. The highest BCUT2D eigenvalue weighted by Crippen LogP contribution is 2.21. The molecule has 0 unspecified atom stereocenters. The van der Waals surface area contributed by atoms with Crippen molar-refractivity contribution < 1.29 is 19.1 Å². The smallest absolute Gasteiger partial charge is 0.358 e. The van der Waals surface area contributed by atoms with Gasteiger partial charge < -0.3 is 14.4 Å². The van der Waals surface area contributed by atoms with Gasteiger partial charge in [0, 0.05) is 25.9 Å². The van der Waals surface area contributed by atoms with Gasteiger partial charge in [-0.25, -0.2) is 9.48 Å². The Morgan fingerprint density at radius 1 is 1.43 bits per heavy atom. The molecule has 0 radical (unpaired) electrons. The summed E-state index contributed by atoms with van der Waals surface area (Å²) < 4.78 is 6.68. The van der Waals surface area contributed by atoms with Crippen molar-refractivity contribution >= 4 is 11.9 Å². The molecule has 110 valence electrons. The van der Waals surface area contributed by atoms with E-state index in [-0.39, 0.29) is 17.6 Å². The van der Waals surface area contributed by atoms with E-state index in [4.69, 9.17) is 9.52 Å². The van der Waals surface area contributed by atoms with E-state index in [2.05, 4.69) is 10.3 Å². The van der Waals surface area contributed by atoms with Crippen molar-refractivity contribution in [2.75, 3.05) is 13.1 Å². The second-order valence-electron chi connectivity index (χ2n) is 4.92. The number of aryl methyl sites for hydroxylation is 1. The fraction of sp³-hybridized carbons (Fsp3) is 0.385. The molecule has 0 spiro atoms. The minimum atomic E-state index is -1.10. The first kappa shape index (κ1) is 13.3. The molecule has 1 saturated heterocycles. The Bertz CT molecular complexity index is 643. The Kier molecular flexibility index (Phi) is 3.43. The van der Waals surface area contributed by atoms with Crippen molar-refractivity contribution in [2.24, 2.45) is 0 Å². The van der Waals surface area contributed by atoms with Crippen LogP contribution in [0.25, 0.3) is 0 Å². The van der Waals surface area contributed by atoms with Gasteiger partial charge in [-0.05, 0) is 12.1 Å². The van der Waals surface area contributed by atoms with Gasteiger partial charge in [-0.15, -0.1) is 5.10 Å². The number of aromatic nitrogens is 3. The molecule has 21 heavy (non-hydrogen) atoms. The van der Waals surface area contributed by atoms with Gasteiger partial charge in [0.15, 0.2) is 5.69 Å². The fourth-order valence-corrected chi connectivity index (χ4v) is 2.22. The predicted octanol–water partition coefficient (Wildman–Crippen LogP) is 0.585. The first-order chi connectivity index (χ1) is 10.1. The van der Waals surface area contributed by atoms with Crippen LogP contribution in [-0.2, 0) is 11.2 Å².